The maximum absolute atomic E-state index is 6.84. The summed E-state index contributed by atoms with van der Waals surface area (Å²) >= 11 is 6.55. The van der Waals surface area contributed by atoms with Gasteiger partial charge in [-0.25, -0.2) is 4.98 Å². The molecule has 0 fully saturated rings. The molecule has 1 rings (SSSR count). The number of hydrogen-bond acceptors (Lipinski definition) is 3. The van der Waals surface area contributed by atoms with E-state index in [-0.39, 0.29) is 11.5 Å². The average molecular weight is 385 g/mol. The highest BCUT2D eigenvalue weighted by Crippen LogP contribution is 2.34. The highest BCUT2D eigenvalue weighted by Gasteiger charge is 2.34. The Hall–Kier alpha value is -0.423. The van der Waals surface area contributed by atoms with Crippen molar-refractivity contribution in [1.29, 1.82) is 0 Å². The first kappa shape index (κ1) is 22.6. The maximum Gasteiger partial charge on any atom is 0.192 e. The molecular weight excluding hydrogens is 348 g/mol. The van der Waals surface area contributed by atoms with Gasteiger partial charge in [-0.2, -0.15) is 0 Å². The number of hydrogen-bond donors (Lipinski definition) is 1. The van der Waals surface area contributed by atoms with Crippen LogP contribution in [0.4, 0.5) is 0 Å². The first-order valence-corrected chi connectivity index (χ1v) is 12.5. The van der Waals surface area contributed by atoms with Crippen molar-refractivity contribution in [3.8, 4) is 0 Å². The van der Waals surface area contributed by atoms with Gasteiger partial charge in [-0.3, -0.25) is 0 Å². The van der Waals surface area contributed by atoms with E-state index >= 15 is 0 Å². The van der Waals surface area contributed by atoms with Gasteiger partial charge in [-0.05, 0) is 49.0 Å². The van der Waals surface area contributed by atoms with Crippen LogP contribution in [0.15, 0.2) is 6.07 Å². The van der Waals surface area contributed by atoms with Crippen molar-refractivity contribution in [1.82, 2.24) is 10.3 Å². The highest BCUT2D eigenvalue weighted by molar-refractivity contribution is 6.73. The average Bonchev–Trinajstić information content (AvgIpc) is 2.50. The molecule has 0 aliphatic rings. The SMILES string of the molecule is CC[Si](CC)(CC)OC(CNCC(C)(C)C)c1c(C)cc(C)nc1Cl. The Balaban J connectivity index is 3.15. The molecule has 0 spiro atoms. The lowest BCUT2D eigenvalue weighted by atomic mass is 9.96. The zero-order valence-corrected chi connectivity index (χ0v) is 19.2. The molecule has 1 atom stereocenters. The van der Waals surface area contributed by atoms with Crippen molar-refractivity contribution in [3.05, 3.63) is 28.0 Å². The second-order valence-corrected chi connectivity index (χ2v) is 13.4. The Kier molecular flexibility index (Phi) is 8.59. The third kappa shape index (κ3) is 6.67. The summed E-state index contributed by atoms with van der Waals surface area (Å²) in [5, 5.41) is 4.19. The number of aromatic nitrogens is 1. The molecule has 3 nitrogen and oxygen atoms in total. The van der Waals surface area contributed by atoms with Gasteiger partial charge in [0.1, 0.15) is 5.15 Å². The quantitative estimate of drug-likeness (QED) is 0.415. The van der Waals surface area contributed by atoms with E-state index in [1.807, 2.05) is 6.92 Å². The van der Waals surface area contributed by atoms with Gasteiger partial charge in [0.25, 0.3) is 0 Å². The molecule has 1 aromatic heterocycles. The van der Waals surface area contributed by atoms with E-state index in [0.29, 0.717) is 5.15 Å². The minimum Gasteiger partial charge on any atom is -0.409 e. The lowest BCUT2D eigenvalue weighted by Crippen LogP contribution is -2.41. The van der Waals surface area contributed by atoms with Crippen LogP contribution in [-0.4, -0.2) is 26.4 Å². The smallest absolute Gasteiger partial charge is 0.192 e. The van der Waals surface area contributed by atoms with Crippen molar-refractivity contribution in [2.45, 2.75) is 79.6 Å². The van der Waals surface area contributed by atoms with Gasteiger partial charge in [-0.1, -0.05) is 53.1 Å². The van der Waals surface area contributed by atoms with Gasteiger partial charge in [0.15, 0.2) is 8.32 Å². The topological polar surface area (TPSA) is 34.1 Å². The van der Waals surface area contributed by atoms with E-state index in [1.54, 1.807) is 0 Å². The second kappa shape index (κ2) is 9.49. The molecule has 1 unspecified atom stereocenters. The first-order valence-electron chi connectivity index (χ1n) is 9.59. The van der Waals surface area contributed by atoms with Gasteiger partial charge < -0.3 is 9.74 Å². The maximum atomic E-state index is 6.84. The number of aryl methyl sites for hydroxylation is 2. The van der Waals surface area contributed by atoms with E-state index in [2.05, 4.69) is 64.8 Å². The molecule has 1 aromatic rings. The minimum atomic E-state index is -1.75. The lowest BCUT2D eigenvalue weighted by molar-refractivity contribution is 0.180. The summed E-state index contributed by atoms with van der Waals surface area (Å²) < 4.78 is 6.84. The van der Waals surface area contributed by atoms with Crippen LogP contribution in [0.1, 0.15) is 64.5 Å². The largest absolute Gasteiger partial charge is 0.409 e. The van der Waals surface area contributed by atoms with Gasteiger partial charge in [0, 0.05) is 24.3 Å². The second-order valence-electron chi connectivity index (χ2n) is 8.33. The minimum absolute atomic E-state index is 0.0329. The summed E-state index contributed by atoms with van der Waals surface area (Å²) in [7, 11) is -1.75. The molecule has 0 aliphatic heterocycles. The van der Waals surface area contributed by atoms with Crippen LogP contribution in [0, 0.1) is 19.3 Å². The van der Waals surface area contributed by atoms with Crippen LogP contribution in [-0.2, 0) is 4.43 Å². The Morgan fingerprint density at radius 1 is 1.16 bits per heavy atom. The molecule has 0 bridgehead atoms. The molecule has 1 heterocycles. The van der Waals surface area contributed by atoms with E-state index in [1.165, 1.54) is 5.56 Å². The Bertz CT molecular complexity index is 522. The van der Waals surface area contributed by atoms with Crippen LogP contribution >= 0.6 is 11.6 Å². The fourth-order valence-electron chi connectivity index (χ4n) is 3.27. The molecule has 5 heteroatoms. The number of halogens is 1. The lowest BCUT2D eigenvalue weighted by Gasteiger charge is -2.35. The number of nitrogens with one attached hydrogen (secondary N) is 1. The predicted octanol–water partition coefficient (Wildman–Crippen LogP) is 6.05. The zero-order chi connectivity index (χ0) is 19.3. The van der Waals surface area contributed by atoms with Crippen molar-refractivity contribution in [2.75, 3.05) is 13.1 Å². The van der Waals surface area contributed by atoms with Gasteiger partial charge in [0.2, 0.25) is 0 Å². The summed E-state index contributed by atoms with van der Waals surface area (Å²) in [6.45, 7) is 19.3. The fourth-order valence-corrected chi connectivity index (χ4v) is 6.48. The van der Waals surface area contributed by atoms with Crippen molar-refractivity contribution >= 4 is 19.9 Å². The van der Waals surface area contributed by atoms with Crippen LogP contribution in [0.5, 0.6) is 0 Å². The van der Waals surface area contributed by atoms with Crippen molar-refractivity contribution < 1.29 is 4.43 Å². The van der Waals surface area contributed by atoms with E-state index in [0.717, 1.165) is 42.5 Å². The van der Waals surface area contributed by atoms with E-state index in [4.69, 9.17) is 16.0 Å². The summed E-state index contributed by atoms with van der Waals surface area (Å²) in [5.41, 5.74) is 3.42. The Morgan fingerprint density at radius 2 is 1.72 bits per heavy atom. The molecule has 25 heavy (non-hydrogen) atoms. The van der Waals surface area contributed by atoms with Gasteiger partial charge in [0.05, 0.1) is 6.10 Å². The van der Waals surface area contributed by atoms with Gasteiger partial charge in [-0.15, -0.1) is 0 Å². The van der Waals surface area contributed by atoms with E-state index in [9.17, 15) is 0 Å². The standard InChI is InChI=1S/C20H37ClN2OSi/c1-9-25(10-2,11-3)24-17(13-22-14-20(6,7)8)18-15(4)12-16(5)23-19(18)21/h12,17,22H,9-11,13-14H2,1-8H3. The fraction of sp³-hybridized carbons (Fsp3) is 0.750. The normalized spacial score (nSPS) is 14.0. The first-order chi connectivity index (χ1) is 11.6. The zero-order valence-electron chi connectivity index (χ0n) is 17.4. The number of rotatable bonds is 9. The van der Waals surface area contributed by atoms with Crippen molar-refractivity contribution in [2.24, 2.45) is 5.41 Å². The molecular formula is C20H37ClN2OSi. The van der Waals surface area contributed by atoms with Crippen LogP contribution < -0.4 is 5.32 Å². The van der Waals surface area contributed by atoms with Crippen LogP contribution in [0.2, 0.25) is 23.3 Å². The summed E-state index contributed by atoms with van der Waals surface area (Å²) in [5.74, 6) is 0. The number of pyridine rings is 1. The summed E-state index contributed by atoms with van der Waals surface area (Å²) in [6, 6.07) is 5.50. The molecule has 0 radical (unpaired) electrons. The predicted molar refractivity (Wildman–Crippen MR) is 112 cm³/mol. The summed E-state index contributed by atoms with van der Waals surface area (Å²) in [6.07, 6.45) is -0.0329. The van der Waals surface area contributed by atoms with Crippen molar-refractivity contribution in [3.63, 3.8) is 0 Å². The monoisotopic (exact) mass is 384 g/mol. The molecule has 0 saturated carbocycles. The molecule has 0 amide bonds. The Labute approximate surface area is 161 Å². The van der Waals surface area contributed by atoms with Gasteiger partial charge >= 0.3 is 0 Å². The molecule has 144 valence electrons. The number of nitrogens with zero attached hydrogens (tertiary/aromatic N) is 1. The van der Waals surface area contributed by atoms with Crippen LogP contribution in [0.25, 0.3) is 0 Å². The molecule has 0 aromatic carbocycles. The molecule has 1 N–H and O–H groups in total. The van der Waals surface area contributed by atoms with E-state index < -0.39 is 8.32 Å². The molecule has 0 saturated heterocycles. The third-order valence-corrected chi connectivity index (χ3v) is 9.92. The Morgan fingerprint density at radius 3 is 2.16 bits per heavy atom. The summed E-state index contributed by atoms with van der Waals surface area (Å²) in [4.78, 5) is 4.49. The highest BCUT2D eigenvalue weighted by atomic mass is 35.5. The third-order valence-electron chi connectivity index (χ3n) is 4.98. The van der Waals surface area contributed by atoms with Crippen LogP contribution in [0.3, 0.4) is 0 Å². The molecule has 0 aliphatic carbocycles.